The molecule has 1 N–H and O–H groups in total. The summed E-state index contributed by atoms with van der Waals surface area (Å²) in [4.78, 5) is 20.7. The summed E-state index contributed by atoms with van der Waals surface area (Å²) in [5.74, 6) is 0.886. The van der Waals surface area contributed by atoms with E-state index in [4.69, 9.17) is 4.74 Å². The Balaban J connectivity index is 1.69. The molecule has 3 aromatic rings. The first kappa shape index (κ1) is 31.3. The number of aromatic amines is 1. The number of ether oxygens (including phenoxy) is 1. The molecule has 0 bridgehead atoms. The van der Waals surface area contributed by atoms with Crippen molar-refractivity contribution in [2.75, 3.05) is 39.5 Å². The Morgan fingerprint density at radius 3 is 2.23 bits per heavy atom. The highest BCUT2D eigenvalue weighted by molar-refractivity contribution is 7.89. The van der Waals surface area contributed by atoms with Crippen LogP contribution in [0.1, 0.15) is 55.5 Å². The van der Waals surface area contributed by atoms with Gasteiger partial charge in [-0.25, -0.2) is 18.2 Å². The van der Waals surface area contributed by atoms with Crippen LogP contribution in [0.3, 0.4) is 0 Å². The van der Waals surface area contributed by atoms with E-state index in [2.05, 4.69) is 33.9 Å². The van der Waals surface area contributed by atoms with Crippen molar-refractivity contribution in [2.45, 2.75) is 52.3 Å². The highest BCUT2D eigenvalue weighted by atomic mass is 32.2. The molecule has 1 atom stereocenters. The third-order valence-electron chi connectivity index (χ3n) is 6.96. The molecule has 1 aromatic heterocycles. The lowest BCUT2D eigenvalue weighted by Gasteiger charge is -2.26. The first-order chi connectivity index (χ1) is 19.2. The van der Waals surface area contributed by atoms with Gasteiger partial charge in [-0.15, -0.1) is 0 Å². The van der Waals surface area contributed by atoms with E-state index in [1.807, 2.05) is 60.7 Å². The third kappa shape index (κ3) is 9.42. The molecule has 0 aliphatic carbocycles. The van der Waals surface area contributed by atoms with Crippen molar-refractivity contribution in [1.82, 2.24) is 29.3 Å². The summed E-state index contributed by atoms with van der Waals surface area (Å²) in [5, 5.41) is 7.23. The van der Waals surface area contributed by atoms with E-state index < -0.39 is 22.2 Å². The fraction of sp³-hybridized carbons (Fsp3) is 0.483. The molecule has 218 valence electrons. The fourth-order valence-electron chi connectivity index (χ4n) is 4.42. The second kappa shape index (κ2) is 15.5. The number of nitrogens with zero attached hydrogens (tertiary/aromatic N) is 5. The van der Waals surface area contributed by atoms with Crippen molar-refractivity contribution >= 4 is 16.1 Å². The maximum absolute atomic E-state index is 13.4. The van der Waals surface area contributed by atoms with Gasteiger partial charge in [0.2, 0.25) is 10.0 Å². The van der Waals surface area contributed by atoms with E-state index in [1.54, 1.807) is 14.1 Å². The Morgan fingerprint density at radius 1 is 0.975 bits per heavy atom. The maximum atomic E-state index is 13.4. The van der Waals surface area contributed by atoms with E-state index in [-0.39, 0.29) is 18.9 Å². The van der Waals surface area contributed by atoms with Crippen LogP contribution in [-0.2, 0) is 34.3 Å². The minimum Gasteiger partial charge on any atom is -0.445 e. The van der Waals surface area contributed by atoms with E-state index in [1.165, 1.54) is 9.21 Å². The summed E-state index contributed by atoms with van der Waals surface area (Å²) in [6, 6.07) is 18.9. The molecule has 2 aromatic carbocycles. The highest BCUT2D eigenvalue weighted by Crippen LogP contribution is 2.26. The third-order valence-corrected chi connectivity index (χ3v) is 8.89. The van der Waals surface area contributed by atoms with Gasteiger partial charge in [-0.1, -0.05) is 74.5 Å². The van der Waals surface area contributed by atoms with Crippen LogP contribution in [0.5, 0.6) is 0 Å². The molecule has 11 heteroatoms. The number of carbonyl (C=O) groups is 1. The zero-order valence-corrected chi connectivity index (χ0v) is 24.8. The number of aromatic nitrogens is 3. The quantitative estimate of drug-likeness (QED) is 0.274. The standard InChI is InChI=1S/C29H42N6O4S/c1-5-35(6-2)20-13-21-40(37,38)34(4)26(19-18-24-14-9-7-10-15-24)28-30-27(31-32-28)22-33(3)29(36)39-23-25-16-11-8-12-17-25/h7-12,14-17,26H,5-6,13,18-23H2,1-4H3,(H,30,31,32)/t26-/m1/s1. The van der Waals surface area contributed by atoms with Crippen LogP contribution in [0.2, 0.25) is 0 Å². The van der Waals surface area contributed by atoms with Crippen LogP contribution in [0.4, 0.5) is 4.79 Å². The number of rotatable bonds is 16. The Labute approximate surface area is 238 Å². The average Bonchev–Trinajstić information content (AvgIpc) is 3.43. The Morgan fingerprint density at radius 2 is 1.60 bits per heavy atom. The molecule has 0 aliphatic heterocycles. The molecular formula is C29H42N6O4S. The smallest absolute Gasteiger partial charge is 0.410 e. The zero-order chi connectivity index (χ0) is 29.0. The lowest BCUT2D eigenvalue weighted by molar-refractivity contribution is 0.102. The number of sulfonamides is 1. The molecule has 10 nitrogen and oxygen atoms in total. The van der Waals surface area contributed by atoms with E-state index in [0.29, 0.717) is 30.9 Å². The molecule has 0 aliphatic rings. The van der Waals surface area contributed by atoms with Crippen molar-refractivity contribution < 1.29 is 17.9 Å². The number of carbonyl (C=O) groups excluding carboxylic acids is 1. The summed E-state index contributed by atoms with van der Waals surface area (Å²) in [5.41, 5.74) is 2.01. The Hall–Kier alpha value is -3.28. The minimum absolute atomic E-state index is 0.0544. The van der Waals surface area contributed by atoms with Crippen LogP contribution in [0.15, 0.2) is 60.7 Å². The number of aryl methyl sites for hydroxylation is 1. The number of benzene rings is 2. The van der Waals surface area contributed by atoms with Crippen molar-refractivity contribution in [3.05, 3.63) is 83.4 Å². The van der Waals surface area contributed by atoms with Gasteiger partial charge in [-0.2, -0.15) is 9.40 Å². The Bertz CT molecular complexity index is 1270. The minimum atomic E-state index is -3.55. The summed E-state index contributed by atoms with van der Waals surface area (Å²) in [6.07, 6.45) is 1.26. The number of H-pyrrole nitrogens is 1. The molecule has 0 radical (unpaired) electrons. The van der Waals surface area contributed by atoms with Gasteiger partial charge in [-0.3, -0.25) is 5.10 Å². The van der Waals surface area contributed by atoms with Crippen LogP contribution < -0.4 is 0 Å². The van der Waals surface area contributed by atoms with Crippen LogP contribution in [0, 0.1) is 0 Å². The summed E-state index contributed by atoms with van der Waals surface area (Å²) >= 11 is 0. The maximum Gasteiger partial charge on any atom is 0.410 e. The average molecular weight is 571 g/mol. The summed E-state index contributed by atoms with van der Waals surface area (Å²) in [6.45, 7) is 6.95. The SMILES string of the molecule is CCN(CC)CCCS(=O)(=O)N(C)[C@H](CCc1ccccc1)c1nc(CN(C)C(=O)OCc2ccccc2)n[nH]1. The Kier molecular flexibility index (Phi) is 12.1. The predicted molar refractivity (Wildman–Crippen MR) is 156 cm³/mol. The number of hydrogen-bond donors (Lipinski definition) is 1. The van der Waals surface area contributed by atoms with Crippen LogP contribution >= 0.6 is 0 Å². The van der Waals surface area contributed by atoms with Gasteiger partial charge >= 0.3 is 6.09 Å². The fourth-order valence-corrected chi connectivity index (χ4v) is 5.80. The lowest BCUT2D eigenvalue weighted by Crippen LogP contribution is -2.35. The topological polar surface area (TPSA) is 112 Å². The molecular weight excluding hydrogens is 528 g/mol. The van der Waals surface area contributed by atoms with Gasteiger partial charge in [0.05, 0.1) is 18.3 Å². The van der Waals surface area contributed by atoms with Crippen molar-refractivity contribution in [1.29, 1.82) is 0 Å². The first-order valence-corrected chi connectivity index (χ1v) is 15.4. The van der Waals surface area contributed by atoms with Crippen molar-refractivity contribution in [3.63, 3.8) is 0 Å². The van der Waals surface area contributed by atoms with E-state index in [9.17, 15) is 13.2 Å². The zero-order valence-electron chi connectivity index (χ0n) is 24.0. The van der Waals surface area contributed by atoms with Gasteiger partial charge in [0, 0.05) is 14.1 Å². The van der Waals surface area contributed by atoms with Gasteiger partial charge in [0.1, 0.15) is 12.4 Å². The second-order valence-corrected chi connectivity index (χ2v) is 11.9. The van der Waals surface area contributed by atoms with Crippen molar-refractivity contribution in [2.24, 2.45) is 0 Å². The van der Waals surface area contributed by atoms with Crippen LogP contribution in [-0.4, -0.2) is 83.3 Å². The number of nitrogens with one attached hydrogen (secondary N) is 1. The molecule has 0 saturated carbocycles. The van der Waals surface area contributed by atoms with Crippen molar-refractivity contribution in [3.8, 4) is 0 Å². The van der Waals surface area contributed by atoms with Gasteiger partial charge in [0.25, 0.3) is 0 Å². The van der Waals surface area contributed by atoms with E-state index >= 15 is 0 Å². The number of amides is 1. The largest absolute Gasteiger partial charge is 0.445 e. The molecule has 0 fully saturated rings. The van der Waals surface area contributed by atoms with Gasteiger partial charge in [0.15, 0.2) is 5.82 Å². The second-order valence-electron chi connectivity index (χ2n) is 9.79. The molecule has 0 unspecified atom stereocenters. The predicted octanol–water partition coefficient (Wildman–Crippen LogP) is 4.24. The highest BCUT2D eigenvalue weighted by Gasteiger charge is 2.30. The summed E-state index contributed by atoms with van der Waals surface area (Å²) in [7, 11) is -0.328. The monoisotopic (exact) mass is 570 g/mol. The van der Waals surface area contributed by atoms with Gasteiger partial charge < -0.3 is 14.5 Å². The number of hydrogen-bond acceptors (Lipinski definition) is 7. The lowest BCUT2D eigenvalue weighted by atomic mass is 10.1. The normalized spacial score (nSPS) is 12.6. The molecule has 1 heterocycles. The first-order valence-electron chi connectivity index (χ1n) is 13.8. The van der Waals surface area contributed by atoms with Gasteiger partial charge in [-0.05, 0) is 50.0 Å². The molecule has 0 saturated heterocycles. The molecule has 40 heavy (non-hydrogen) atoms. The van der Waals surface area contributed by atoms with E-state index in [0.717, 1.165) is 30.8 Å². The summed E-state index contributed by atoms with van der Waals surface area (Å²) < 4.78 is 33.5. The molecule has 3 rings (SSSR count). The molecule has 1 amide bonds. The molecule has 0 spiro atoms. The van der Waals surface area contributed by atoms with Crippen LogP contribution in [0.25, 0.3) is 0 Å².